The molecule has 0 spiro atoms. The van der Waals surface area contributed by atoms with Gasteiger partial charge >= 0.3 is 0 Å². The van der Waals surface area contributed by atoms with Gasteiger partial charge in [0.15, 0.2) is 11.7 Å². The highest BCUT2D eigenvalue weighted by molar-refractivity contribution is 7.16. The lowest BCUT2D eigenvalue weighted by Gasteiger charge is -2.26. The van der Waals surface area contributed by atoms with Gasteiger partial charge in [-0.2, -0.15) is 0 Å². The number of likely N-dealkylation sites (N-methyl/N-ethyl adjacent to an activating group) is 1. The van der Waals surface area contributed by atoms with Crippen molar-refractivity contribution in [2.75, 3.05) is 23.9 Å². The Hall–Kier alpha value is -3.26. The topological polar surface area (TPSA) is 84.4 Å². The van der Waals surface area contributed by atoms with E-state index in [1.807, 2.05) is 25.1 Å². The zero-order chi connectivity index (χ0) is 19.0. The Balaban J connectivity index is 1.62. The van der Waals surface area contributed by atoms with Gasteiger partial charge in [0.1, 0.15) is 5.75 Å². The van der Waals surface area contributed by atoms with Crippen molar-refractivity contribution in [3.8, 4) is 17.0 Å². The van der Waals surface area contributed by atoms with Crippen molar-refractivity contribution in [3.63, 3.8) is 0 Å². The predicted octanol–water partition coefficient (Wildman–Crippen LogP) is 3.12. The lowest BCUT2D eigenvalue weighted by Crippen LogP contribution is -2.35. The van der Waals surface area contributed by atoms with Crippen LogP contribution in [0.3, 0.4) is 0 Å². The largest absolute Gasteiger partial charge is 0.482 e. The first-order chi connectivity index (χ1) is 13.0. The molecule has 1 N–H and O–H groups in total. The summed E-state index contributed by atoms with van der Waals surface area (Å²) in [6, 6.07) is 8.91. The molecule has 1 aliphatic rings. The van der Waals surface area contributed by atoms with Gasteiger partial charge in [-0.15, -0.1) is 11.3 Å². The van der Waals surface area contributed by atoms with Gasteiger partial charge in [0.2, 0.25) is 0 Å². The highest BCUT2D eigenvalue weighted by Gasteiger charge is 2.23. The number of nitrogens with zero attached hydrogens (tertiary/aromatic N) is 3. The minimum atomic E-state index is -0.234. The summed E-state index contributed by atoms with van der Waals surface area (Å²) in [6.45, 7) is 1.99. The number of aromatic nitrogens is 2. The molecule has 3 aromatic rings. The normalized spacial score (nSPS) is 13.1. The molecule has 2 aromatic heterocycles. The van der Waals surface area contributed by atoms with Gasteiger partial charge in [-0.1, -0.05) is 0 Å². The van der Waals surface area contributed by atoms with E-state index in [9.17, 15) is 9.59 Å². The zero-order valence-electron chi connectivity index (χ0n) is 14.7. The number of amides is 2. The maximum Gasteiger partial charge on any atom is 0.264 e. The molecule has 0 radical (unpaired) electrons. The Morgan fingerprint density at radius 2 is 2.04 bits per heavy atom. The second-order valence-electron chi connectivity index (χ2n) is 6.04. The third-order valence-corrected chi connectivity index (χ3v) is 5.16. The van der Waals surface area contributed by atoms with Crippen LogP contribution in [-0.4, -0.2) is 35.4 Å². The van der Waals surface area contributed by atoms with Crippen LogP contribution in [0.15, 0.2) is 42.7 Å². The Morgan fingerprint density at radius 3 is 2.81 bits per heavy atom. The number of rotatable bonds is 3. The van der Waals surface area contributed by atoms with Gasteiger partial charge in [0.05, 0.1) is 11.4 Å². The molecule has 7 nitrogen and oxygen atoms in total. The highest BCUT2D eigenvalue weighted by atomic mass is 32.1. The number of pyridine rings is 1. The Labute approximate surface area is 159 Å². The van der Waals surface area contributed by atoms with Gasteiger partial charge in [-0.3, -0.25) is 19.9 Å². The van der Waals surface area contributed by atoms with Crippen LogP contribution in [0, 0.1) is 6.92 Å². The summed E-state index contributed by atoms with van der Waals surface area (Å²) in [6.07, 6.45) is 3.14. The minimum Gasteiger partial charge on any atom is -0.482 e. The number of anilines is 2. The molecule has 3 heterocycles. The van der Waals surface area contributed by atoms with Crippen molar-refractivity contribution in [1.82, 2.24) is 9.97 Å². The van der Waals surface area contributed by atoms with Gasteiger partial charge in [0.25, 0.3) is 11.8 Å². The van der Waals surface area contributed by atoms with Crippen LogP contribution in [0.2, 0.25) is 0 Å². The van der Waals surface area contributed by atoms with E-state index in [1.165, 1.54) is 11.3 Å². The van der Waals surface area contributed by atoms with Gasteiger partial charge in [-0.25, -0.2) is 4.98 Å². The number of aryl methyl sites for hydroxylation is 1. The number of ether oxygens (including phenoxy) is 1. The summed E-state index contributed by atoms with van der Waals surface area (Å²) >= 11 is 1.40. The van der Waals surface area contributed by atoms with Crippen molar-refractivity contribution in [3.05, 3.63) is 53.2 Å². The fraction of sp³-hybridized carbons (Fsp3) is 0.158. The van der Waals surface area contributed by atoms with Crippen LogP contribution in [0.1, 0.15) is 15.2 Å². The average molecular weight is 380 g/mol. The number of hydrogen-bond acceptors (Lipinski definition) is 6. The summed E-state index contributed by atoms with van der Waals surface area (Å²) < 4.78 is 5.46. The number of thiazole rings is 1. The van der Waals surface area contributed by atoms with E-state index >= 15 is 0 Å². The minimum absolute atomic E-state index is 0.0454. The summed E-state index contributed by atoms with van der Waals surface area (Å²) in [5.41, 5.74) is 2.85. The molecule has 0 saturated carbocycles. The van der Waals surface area contributed by atoms with E-state index in [2.05, 4.69) is 15.3 Å². The molecule has 1 aliphatic heterocycles. The van der Waals surface area contributed by atoms with Gasteiger partial charge < -0.3 is 9.64 Å². The zero-order valence-corrected chi connectivity index (χ0v) is 15.5. The first-order valence-corrected chi connectivity index (χ1v) is 9.07. The van der Waals surface area contributed by atoms with E-state index in [0.717, 1.165) is 16.1 Å². The van der Waals surface area contributed by atoms with Crippen LogP contribution < -0.4 is 15.0 Å². The van der Waals surface area contributed by atoms with Crippen LogP contribution in [-0.2, 0) is 4.79 Å². The molecule has 8 heteroatoms. The molecule has 0 fully saturated rings. The quantitative estimate of drug-likeness (QED) is 0.755. The number of fused-ring (bicyclic) bond motifs is 1. The maximum absolute atomic E-state index is 12.3. The Bertz CT molecular complexity index is 1030. The molecule has 1 aromatic carbocycles. The molecule has 0 aliphatic carbocycles. The molecule has 2 amide bonds. The first kappa shape index (κ1) is 17.2. The summed E-state index contributed by atoms with van der Waals surface area (Å²) in [4.78, 5) is 35.2. The van der Waals surface area contributed by atoms with Crippen LogP contribution in [0.5, 0.6) is 5.75 Å². The number of hydrogen-bond donors (Lipinski definition) is 1. The SMILES string of the molecule is Cc1sc(NC(=O)c2ccncc2)nc1-c1ccc2c(c1)N(C)C(=O)CO2. The third kappa shape index (κ3) is 3.26. The molecule has 0 saturated heterocycles. The number of nitrogens with one attached hydrogen (secondary N) is 1. The lowest BCUT2D eigenvalue weighted by atomic mass is 10.1. The fourth-order valence-corrected chi connectivity index (χ4v) is 3.64. The van der Waals surface area contributed by atoms with Crippen LogP contribution in [0.4, 0.5) is 10.8 Å². The number of benzene rings is 1. The van der Waals surface area contributed by atoms with Crippen LogP contribution >= 0.6 is 11.3 Å². The Kier molecular flexibility index (Phi) is 4.33. The number of carbonyl (C=O) groups is 2. The van der Waals surface area contributed by atoms with E-state index < -0.39 is 0 Å². The molecule has 136 valence electrons. The van der Waals surface area contributed by atoms with Crippen molar-refractivity contribution in [2.24, 2.45) is 0 Å². The van der Waals surface area contributed by atoms with Crippen molar-refractivity contribution >= 4 is 34.0 Å². The van der Waals surface area contributed by atoms with E-state index in [0.29, 0.717) is 22.1 Å². The van der Waals surface area contributed by atoms with Crippen molar-refractivity contribution in [2.45, 2.75) is 6.92 Å². The van der Waals surface area contributed by atoms with E-state index in [4.69, 9.17) is 4.74 Å². The van der Waals surface area contributed by atoms with Gasteiger partial charge in [0, 0.05) is 35.4 Å². The van der Waals surface area contributed by atoms with Gasteiger partial charge in [-0.05, 0) is 37.3 Å². The lowest BCUT2D eigenvalue weighted by molar-refractivity contribution is -0.120. The molecule has 27 heavy (non-hydrogen) atoms. The standard InChI is InChI=1S/C19H16N4O3S/c1-11-17(13-3-4-15-14(9-13)23(2)16(24)10-26-15)21-19(27-11)22-18(25)12-5-7-20-8-6-12/h3-9H,10H2,1-2H3,(H,21,22,25). The second kappa shape index (κ2) is 6.81. The molecule has 0 atom stereocenters. The predicted molar refractivity (Wildman–Crippen MR) is 103 cm³/mol. The molecular formula is C19H16N4O3S. The molecule has 0 unspecified atom stereocenters. The van der Waals surface area contributed by atoms with Crippen molar-refractivity contribution < 1.29 is 14.3 Å². The summed E-state index contributed by atoms with van der Waals surface area (Å²) in [5.74, 6) is 0.335. The highest BCUT2D eigenvalue weighted by Crippen LogP contribution is 2.37. The monoisotopic (exact) mass is 380 g/mol. The third-order valence-electron chi connectivity index (χ3n) is 4.28. The number of carbonyl (C=O) groups excluding carboxylic acids is 2. The summed E-state index contributed by atoms with van der Waals surface area (Å²) in [5, 5.41) is 3.34. The smallest absolute Gasteiger partial charge is 0.264 e. The first-order valence-electron chi connectivity index (χ1n) is 8.25. The fourth-order valence-electron chi connectivity index (χ4n) is 2.81. The second-order valence-corrected chi connectivity index (χ2v) is 7.24. The van der Waals surface area contributed by atoms with E-state index in [1.54, 1.807) is 36.5 Å². The van der Waals surface area contributed by atoms with Crippen LogP contribution in [0.25, 0.3) is 11.3 Å². The maximum atomic E-state index is 12.3. The van der Waals surface area contributed by atoms with E-state index in [-0.39, 0.29) is 18.4 Å². The van der Waals surface area contributed by atoms with Crippen molar-refractivity contribution in [1.29, 1.82) is 0 Å². The average Bonchev–Trinajstić information content (AvgIpc) is 3.05. The Morgan fingerprint density at radius 1 is 1.26 bits per heavy atom. The summed E-state index contributed by atoms with van der Waals surface area (Å²) in [7, 11) is 1.72. The molecule has 4 rings (SSSR count). The molecular weight excluding hydrogens is 364 g/mol. The molecule has 0 bridgehead atoms.